The largest absolute Gasteiger partial charge is 0.368 e. The Hall–Kier alpha value is -0.800. The minimum atomic E-state index is -0.286. The van der Waals surface area contributed by atoms with E-state index in [1.807, 2.05) is 0 Å². The number of nitrogens with zero attached hydrogens (tertiary/aromatic N) is 1. The molecular formula is C13H18ClFN2. The van der Waals surface area contributed by atoms with Crippen molar-refractivity contribution in [2.45, 2.75) is 25.8 Å². The van der Waals surface area contributed by atoms with Gasteiger partial charge in [-0.15, -0.1) is 0 Å². The van der Waals surface area contributed by atoms with Gasteiger partial charge in [-0.05, 0) is 45.0 Å². The lowest BCUT2D eigenvalue weighted by molar-refractivity contribution is 0.416. The standard InChI is InChI=1S/C13H18ClFN2/c1-13(2)9-17(7-3-6-16-13)12-5-4-10(15)8-11(12)14/h4-5,8,16H,3,6-7,9H2,1-2H3. The summed E-state index contributed by atoms with van der Waals surface area (Å²) >= 11 is 6.11. The topological polar surface area (TPSA) is 15.3 Å². The van der Waals surface area contributed by atoms with Gasteiger partial charge in [-0.25, -0.2) is 4.39 Å². The molecule has 2 rings (SSSR count). The first-order valence-electron chi connectivity index (χ1n) is 5.93. The van der Waals surface area contributed by atoms with Crippen molar-refractivity contribution in [1.29, 1.82) is 0 Å². The molecule has 0 bridgehead atoms. The lowest BCUT2D eigenvalue weighted by Gasteiger charge is -2.32. The minimum Gasteiger partial charge on any atom is -0.368 e. The molecule has 0 spiro atoms. The molecule has 1 saturated heterocycles. The van der Waals surface area contributed by atoms with E-state index in [2.05, 4.69) is 24.1 Å². The van der Waals surface area contributed by atoms with Crippen molar-refractivity contribution in [3.05, 3.63) is 29.0 Å². The van der Waals surface area contributed by atoms with E-state index >= 15 is 0 Å². The van der Waals surface area contributed by atoms with E-state index in [0.717, 1.165) is 31.7 Å². The quantitative estimate of drug-likeness (QED) is 0.831. The first-order valence-corrected chi connectivity index (χ1v) is 6.31. The molecule has 0 aliphatic carbocycles. The molecule has 17 heavy (non-hydrogen) atoms. The predicted octanol–water partition coefficient (Wildman–Crippen LogP) is 3.06. The fraction of sp³-hybridized carbons (Fsp3) is 0.538. The molecule has 1 fully saturated rings. The van der Waals surface area contributed by atoms with Crippen LogP contribution in [0.15, 0.2) is 18.2 Å². The van der Waals surface area contributed by atoms with Gasteiger partial charge in [-0.2, -0.15) is 0 Å². The summed E-state index contributed by atoms with van der Waals surface area (Å²) in [5.74, 6) is -0.286. The highest BCUT2D eigenvalue weighted by Gasteiger charge is 2.25. The number of halogens is 2. The lowest BCUT2D eigenvalue weighted by Crippen LogP contribution is -2.46. The summed E-state index contributed by atoms with van der Waals surface area (Å²) in [6.07, 6.45) is 1.07. The monoisotopic (exact) mass is 256 g/mol. The average Bonchev–Trinajstić information content (AvgIpc) is 2.39. The third-order valence-electron chi connectivity index (χ3n) is 3.04. The van der Waals surface area contributed by atoms with Gasteiger partial charge in [-0.1, -0.05) is 11.6 Å². The summed E-state index contributed by atoms with van der Waals surface area (Å²) in [5, 5.41) is 3.98. The first kappa shape index (κ1) is 12.7. The van der Waals surface area contributed by atoms with Crippen molar-refractivity contribution in [3.63, 3.8) is 0 Å². The van der Waals surface area contributed by atoms with Crippen LogP contribution in [0.5, 0.6) is 0 Å². The van der Waals surface area contributed by atoms with E-state index in [9.17, 15) is 4.39 Å². The van der Waals surface area contributed by atoms with E-state index < -0.39 is 0 Å². The predicted molar refractivity (Wildman–Crippen MR) is 70.3 cm³/mol. The second-order valence-corrected chi connectivity index (χ2v) is 5.59. The Bertz CT molecular complexity index is 406. The van der Waals surface area contributed by atoms with Crippen LogP contribution < -0.4 is 10.2 Å². The summed E-state index contributed by atoms with van der Waals surface area (Å²) < 4.78 is 13.0. The Morgan fingerprint density at radius 2 is 2.18 bits per heavy atom. The van der Waals surface area contributed by atoms with Crippen LogP contribution in [-0.4, -0.2) is 25.2 Å². The SMILES string of the molecule is CC1(C)CN(c2ccc(F)cc2Cl)CCCN1. The lowest BCUT2D eigenvalue weighted by atomic mass is 10.1. The molecule has 0 unspecified atom stereocenters. The summed E-state index contributed by atoms with van der Waals surface area (Å²) in [4.78, 5) is 2.22. The van der Waals surface area contributed by atoms with E-state index in [0.29, 0.717) is 5.02 Å². The summed E-state index contributed by atoms with van der Waals surface area (Å²) in [6, 6.07) is 4.60. The molecule has 1 aromatic carbocycles. The van der Waals surface area contributed by atoms with E-state index in [4.69, 9.17) is 11.6 Å². The molecule has 0 saturated carbocycles. The fourth-order valence-electron chi connectivity index (χ4n) is 2.25. The number of hydrogen-bond donors (Lipinski definition) is 1. The molecule has 1 aliphatic rings. The van der Waals surface area contributed by atoms with E-state index in [1.165, 1.54) is 12.1 Å². The van der Waals surface area contributed by atoms with Crippen LogP contribution >= 0.6 is 11.6 Å². The van der Waals surface area contributed by atoms with Crippen molar-refractivity contribution in [2.75, 3.05) is 24.5 Å². The second kappa shape index (κ2) is 4.83. The van der Waals surface area contributed by atoms with Crippen LogP contribution in [0.3, 0.4) is 0 Å². The fourth-order valence-corrected chi connectivity index (χ4v) is 2.54. The van der Waals surface area contributed by atoms with Gasteiger partial charge in [0.15, 0.2) is 0 Å². The van der Waals surface area contributed by atoms with E-state index in [-0.39, 0.29) is 11.4 Å². The third kappa shape index (κ3) is 3.11. The molecule has 4 heteroatoms. The van der Waals surface area contributed by atoms with Gasteiger partial charge in [0.05, 0.1) is 10.7 Å². The first-order chi connectivity index (χ1) is 7.98. The summed E-state index contributed by atoms with van der Waals surface area (Å²) in [5.41, 5.74) is 0.971. The number of nitrogens with one attached hydrogen (secondary N) is 1. The Kier molecular flexibility index (Phi) is 3.59. The zero-order valence-corrected chi connectivity index (χ0v) is 11.0. The molecule has 2 nitrogen and oxygen atoms in total. The van der Waals surface area contributed by atoms with Gasteiger partial charge in [0.1, 0.15) is 5.82 Å². The molecule has 0 amide bonds. The van der Waals surface area contributed by atoms with Gasteiger partial charge < -0.3 is 10.2 Å². The van der Waals surface area contributed by atoms with Gasteiger partial charge in [0.2, 0.25) is 0 Å². The Morgan fingerprint density at radius 3 is 2.88 bits per heavy atom. The molecule has 94 valence electrons. The molecule has 1 N–H and O–H groups in total. The van der Waals surface area contributed by atoms with Crippen LogP contribution in [0.25, 0.3) is 0 Å². The molecule has 1 heterocycles. The van der Waals surface area contributed by atoms with E-state index in [1.54, 1.807) is 6.07 Å². The molecule has 0 atom stereocenters. The molecule has 1 aliphatic heterocycles. The van der Waals surface area contributed by atoms with Crippen LogP contribution in [0.1, 0.15) is 20.3 Å². The van der Waals surface area contributed by atoms with Gasteiger partial charge in [0, 0.05) is 18.6 Å². The average molecular weight is 257 g/mol. The van der Waals surface area contributed by atoms with Gasteiger partial charge >= 0.3 is 0 Å². The number of anilines is 1. The summed E-state index contributed by atoms with van der Waals surface area (Å²) in [6.45, 7) is 7.16. The third-order valence-corrected chi connectivity index (χ3v) is 3.35. The van der Waals surface area contributed by atoms with Crippen LogP contribution in [0.2, 0.25) is 5.02 Å². The Morgan fingerprint density at radius 1 is 1.41 bits per heavy atom. The van der Waals surface area contributed by atoms with Crippen molar-refractivity contribution < 1.29 is 4.39 Å². The number of benzene rings is 1. The maximum atomic E-state index is 13.0. The Labute approximate surface area is 107 Å². The molecular weight excluding hydrogens is 239 g/mol. The van der Waals surface area contributed by atoms with Gasteiger partial charge in [0.25, 0.3) is 0 Å². The van der Waals surface area contributed by atoms with Crippen LogP contribution in [0.4, 0.5) is 10.1 Å². The molecule has 0 radical (unpaired) electrons. The highest BCUT2D eigenvalue weighted by Crippen LogP contribution is 2.28. The highest BCUT2D eigenvalue weighted by molar-refractivity contribution is 6.33. The zero-order valence-electron chi connectivity index (χ0n) is 10.3. The number of rotatable bonds is 1. The minimum absolute atomic E-state index is 0.0498. The van der Waals surface area contributed by atoms with Crippen molar-refractivity contribution >= 4 is 17.3 Å². The summed E-state index contributed by atoms with van der Waals surface area (Å²) in [7, 11) is 0. The molecule has 0 aromatic heterocycles. The van der Waals surface area contributed by atoms with Crippen molar-refractivity contribution in [3.8, 4) is 0 Å². The zero-order chi connectivity index (χ0) is 12.5. The Balaban J connectivity index is 2.25. The smallest absolute Gasteiger partial charge is 0.124 e. The maximum absolute atomic E-state index is 13.0. The maximum Gasteiger partial charge on any atom is 0.124 e. The van der Waals surface area contributed by atoms with Crippen molar-refractivity contribution in [1.82, 2.24) is 5.32 Å². The van der Waals surface area contributed by atoms with Crippen LogP contribution in [0, 0.1) is 5.82 Å². The highest BCUT2D eigenvalue weighted by atomic mass is 35.5. The normalized spacial score (nSPS) is 20.1. The number of hydrogen-bond acceptors (Lipinski definition) is 2. The molecule has 1 aromatic rings. The second-order valence-electron chi connectivity index (χ2n) is 5.18. The van der Waals surface area contributed by atoms with Gasteiger partial charge in [-0.3, -0.25) is 0 Å². The van der Waals surface area contributed by atoms with Crippen molar-refractivity contribution in [2.24, 2.45) is 0 Å². The van der Waals surface area contributed by atoms with Crippen LogP contribution in [-0.2, 0) is 0 Å².